The summed E-state index contributed by atoms with van der Waals surface area (Å²) in [5.74, 6) is 4.04. The molecule has 7 heteroatoms. The van der Waals surface area contributed by atoms with Crippen molar-refractivity contribution in [3.8, 4) is 0 Å². The van der Waals surface area contributed by atoms with Crippen molar-refractivity contribution in [3.05, 3.63) is 35.1 Å². The smallest absolute Gasteiger partial charge is 0.381 e. The molecule has 3 nitrogen and oxygen atoms in total. The fourth-order valence-electron chi connectivity index (χ4n) is 1.77. The Balaban J connectivity index is 2.82. The summed E-state index contributed by atoms with van der Waals surface area (Å²) in [6.07, 6.45) is -3.47. The molecule has 1 aromatic rings. The van der Waals surface area contributed by atoms with Crippen LogP contribution in [0.15, 0.2) is 18.2 Å². The van der Waals surface area contributed by atoms with Gasteiger partial charge >= 0.3 is 6.18 Å². The van der Waals surface area contributed by atoms with Gasteiger partial charge < -0.3 is 4.74 Å². The Morgan fingerprint density at radius 2 is 2.00 bits per heavy atom. The van der Waals surface area contributed by atoms with Gasteiger partial charge in [0.25, 0.3) is 0 Å². The first-order valence-electron chi connectivity index (χ1n) is 6.30. The third-order valence-corrected chi connectivity index (χ3v) is 2.80. The van der Waals surface area contributed by atoms with E-state index in [1.807, 2.05) is 6.92 Å². The zero-order chi connectivity index (χ0) is 15.2. The van der Waals surface area contributed by atoms with Crippen LogP contribution in [0.2, 0.25) is 0 Å². The number of rotatable bonds is 7. The number of ether oxygens (including phenoxy) is 1. The minimum Gasteiger partial charge on any atom is -0.381 e. The average molecular weight is 294 g/mol. The monoisotopic (exact) mass is 294 g/mol. The molecule has 114 valence electrons. The third kappa shape index (κ3) is 4.73. The van der Waals surface area contributed by atoms with Gasteiger partial charge in [0, 0.05) is 19.3 Å². The summed E-state index contributed by atoms with van der Waals surface area (Å²) in [5.41, 5.74) is 1.42. The van der Waals surface area contributed by atoms with Crippen LogP contribution >= 0.6 is 0 Å². The molecule has 0 heterocycles. The van der Waals surface area contributed by atoms with E-state index in [9.17, 15) is 17.6 Å². The number of nitrogens with two attached hydrogens (primary N) is 1. The maximum Gasteiger partial charge on any atom is 0.419 e. The van der Waals surface area contributed by atoms with Crippen LogP contribution < -0.4 is 11.3 Å². The number of hydrogen-bond acceptors (Lipinski definition) is 3. The van der Waals surface area contributed by atoms with Crippen molar-refractivity contribution >= 4 is 0 Å². The summed E-state index contributed by atoms with van der Waals surface area (Å²) in [5, 5.41) is 0. The predicted octanol–water partition coefficient (Wildman–Crippen LogP) is 3.17. The number of halogens is 4. The lowest BCUT2D eigenvalue weighted by Gasteiger charge is -2.18. The largest absolute Gasteiger partial charge is 0.419 e. The molecule has 1 unspecified atom stereocenters. The molecule has 0 radical (unpaired) electrons. The topological polar surface area (TPSA) is 47.3 Å². The van der Waals surface area contributed by atoms with Crippen molar-refractivity contribution in [3.63, 3.8) is 0 Å². The van der Waals surface area contributed by atoms with Crippen molar-refractivity contribution in [1.82, 2.24) is 5.43 Å². The van der Waals surface area contributed by atoms with Gasteiger partial charge in [-0.1, -0.05) is 13.0 Å². The van der Waals surface area contributed by atoms with E-state index in [0.29, 0.717) is 19.6 Å². The van der Waals surface area contributed by atoms with E-state index < -0.39 is 23.6 Å². The zero-order valence-electron chi connectivity index (χ0n) is 11.1. The normalized spacial score (nSPS) is 13.5. The Morgan fingerprint density at radius 3 is 2.55 bits per heavy atom. The Hall–Kier alpha value is -1.18. The Kier molecular flexibility index (Phi) is 6.38. The number of benzene rings is 1. The van der Waals surface area contributed by atoms with Gasteiger partial charge in [0.05, 0.1) is 5.56 Å². The van der Waals surface area contributed by atoms with E-state index in [1.54, 1.807) is 0 Å². The third-order valence-electron chi connectivity index (χ3n) is 2.80. The molecule has 0 saturated heterocycles. The first kappa shape index (κ1) is 16.9. The van der Waals surface area contributed by atoms with Crippen LogP contribution in [-0.2, 0) is 10.9 Å². The predicted molar refractivity (Wildman–Crippen MR) is 67.2 cm³/mol. The van der Waals surface area contributed by atoms with Crippen molar-refractivity contribution in [1.29, 1.82) is 0 Å². The van der Waals surface area contributed by atoms with Gasteiger partial charge in [-0.05, 0) is 30.5 Å². The summed E-state index contributed by atoms with van der Waals surface area (Å²) >= 11 is 0. The maximum atomic E-state index is 13.2. The van der Waals surface area contributed by atoms with Gasteiger partial charge in [-0.2, -0.15) is 13.2 Å². The van der Waals surface area contributed by atoms with E-state index in [2.05, 4.69) is 5.43 Å². The summed E-state index contributed by atoms with van der Waals surface area (Å²) in [6.45, 7) is 2.89. The Labute approximate surface area is 115 Å². The van der Waals surface area contributed by atoms with Crippen molar-refractivity contribution in [2.24, 2.45) is 5.84 Å². The molecule has 0 aromatic heterocycles. The van der Waals surface area contributed by atoms with Crippen LogP contribution in [0, 0.1) is 5.82 Å². The summed E-state index contributed by atoms with van der Waals surface area (Å²) < 4.78 is 56.4. The fraction of sp³-hybridized carbons (Fsp3) is 0.538. The van der Waals surface area contributed by atoms with Crippen LogP contribution in [0.5, 0.6) is 0 Å². The molecule has 0 amide bonds. The van der Waals surface area contributed by atoms with Crippen LogP contribution in [0.4, 0.5) is 17.6 Å². The summed E-state index contributed by atoms with van der Waals surface area (Å²) in [4.78, 5) is 0. The molecule has 0 aliphatic heterocycles. The number of alkyl halides is 3. The van der Waals surface area contributed by atoms with E-state index in [4.69, 9.17) is 10.6 Å². The van der Waals surface area contributed by atoms with Crippen molar-refractivity contribution in [2.45, 2.75) is 32.0 Å². The van der Waals surface area contributed by atoms with Crippen molar-refractivity contribution in [2.75, 3.05) is 13.2 Å². The lowest BCUT2D eigenvalue weighted by Crippen LogP contribution is -2.29. The van der Waals surface area contributed by atoms with E-state index in [0.717, 1.165) is 18.6 Å². The molecule has 0 aliphatic carbocycles. The number of nitrogens with one attached hydrogen (secondary N) is 1. The second-order valence-electron chi connectivity index (χ2n) is 4.36. The SMILES string of the molecule is CCCOCCC(NN)c1ccc(F)c(C(F)(F)F)c1. The molecule has 0 spiro atoms. The van der Waals surface area contributed by atoms with E-state index >= 15 is 0 Å². The number of hydrazine groups is 1. The highest BCUT2D eigenvalue weighted by atomic mass is 19.4. The van der Waals surface area contributed by atoms with Gasteiger partial charge in [-0.15, -0.1) is 0 Å². The second kappa shape index (κ2) is 7.56. The highest BCUT2D eigenvalue weighted by Crippen LogP contribution is 2.33. The van der Waals surface area contributed by atoms with Gasteiger partial charge in [0.2, 0.25) is 0 Å². The first-order valence-corrected chi connectivity index (χ1v) is 6.30. The summed E-state index contributed by atoms with van der Waals surface area (Å²) in [7, 11) is 0. The van der Waals surface area contributed by atoms with Gasteiger partial charge in [-0.25, -0.2) is 4.39 Å². The fourth-order valence-corrected chi connectivity index (χ4v) is 1.77. The van der Waals surface area contributed by atoms with Gasteiger partial charge in [0.15, 0.2) is 0 Å². The van der Waals surface area contributed by atoms with Crippen LogP contribution in [0.25, 0.3) is 0 Å². The lowest BCUT2D eigenvalue weighted by atomic mass is 10.0. The first-order chi connectivity index (χ1) is 9.40. The highest BCUT2D eigenvalue weighted by Gasteiger charge is 2.34. The molecule has 0 aliphatic rings. The molecule has 0 saturated carbocycles. The molecule has 20 heavy (non-hydrogen) atoms. The standard InChI is InChI=1S/C13H18F4N2O/c1-2-6-20-7-5-12(19-18)9-3-4-11(14)10(8-9)13(15,16)17/h3-4,8,12,19H,2,5-7,18H2,1H3. The molecular formula is C13H18F4N2O. The summed E-state index contributed by atoms with van der Waals surface area (Å²) in [6, 6.07) is 2.35. The minimum atomic E-state index is -4.72. The highest BCUT2D eigenvalue weighted by molar-refractivity contribution is 5.29. The van der Waals surface area contributed by atoms with Crippen LogP contribution in [-0.4, -0.2) is 13.2 Å². The van der Waals surface area contributed by atoms with Gasteiger partial charge in [0.1, 0.15) is 5.82 Å². The van der Waals surface area contributed by atoms with E-state index in [1.165, 1.54) is 6.07 Å². The van der Waals surface area contributed by atoms with E-state index in [-0.39, 0.29) is 5.56 Å². The maximum absolute atomic E-state index is 13.2. The molecule has 3 N–H and O–H groups in total. The molecule has 1 rings (SSSR count). The van der Waals surface area contributed by atoms with Crippen LogP contribution in [0.1, 0.15) is 36.9 Å². The Bertz CT molecular complexity index is 423. The van der Waals surface area contributed by atoms with Crippen molar-refractivity contribution < 1.29 is 22.3 Å². The minimum absolute atomic E-state index is 0.279. The number of hydrogen-bond donors (Lipinski definition) is 2. The quantitative estimate of drug-likeness (QED) is 0.351. The molecule has 1 atom stereocenters. The molecule has 1 aromatic carbocycles. The lowest BCUT2D eigenvalue weighted by molar-refractivity contribution is -0.140. The van der Waals surface area contributed by atoms with Gasteiger partial charge in [-0.3, -0.25) is 11.3 Å². The molecular weight excluding hydrogens is 276 g/mol. The second-order valence-corrected chi connectivity index (χ2v) is 4.36. The zero-order valence-corrected chi connectivity index (χ0v) is 11.1. The molecule has 0 fully saturated rings. The van der Waals surface area contributed by atoms with Crippen LogP contribution in [0.3, 0.4) is 0 Å². The average Bonchev–Trinajstić information content (AvgIpc) is 2.39. The molecule has 0 bridgehead atoms. The Morgan fingerprint density at radius 1 is 1.30 bits per heavy atom.